The van der Waals surface area contributed by atoms with Crippen LogP contribution in [0, 0.1) is 0 Å². The van der Waals surface area contributed by atoms with Crippen molar-refractivity contribution in [3.63, 3.8) is 0 Å². The zero-order valence-corrected chi connectivity index (χ0v) is 17.1. The minimum atomic E-state index is -3.10. The summed E-state index contributed by atoms with van der Waals surface area (Å²) in [4.78, 5) is 29.5. The van der Waals surface area contributed by atoms with Crippen LogP contribution in [0.25, 0.3) is 11.0 Å². The fraction of sp³-hybridized carbons (Fsp3) is 0.368. The van der Waals surface area contributed by atoms with Crippen LogP contribution in [0.5, 0.6) is 5.75 Å². The summed E-state index contributed by atoms with van der Waals surface area (Å²) in [5, 5.41) is 7.16. The van der Waals surface area contributed by atoms with Crippen molar-refractivity contribution in [3.8, 4) is 5.75 Å². The molecule has 1 aromatic carbocycles. The Balaban J connectivity index is 1.55. The molecule has 1 atom stereocenters. The maximum Gasteiger partial charge on any atom is 0.264 e. The summed E-state index contributed by atoms with van der Waals surface area (Å²) in [6.07, 6.45) is 3.08. The molecule has 0 saturated carbocycles. The van der Waals surface area contributed by atoms with Gasteiger partial charge < -0.3 is 10.1 Å². The van der Waals surface area contributed by atoms with Crippen LogP contribution in [0.4, 0.5) is 5.69 Å². The van der Waals surface area contributed by atoms with Crippen LogP contribution in [-0.2, 0) is 21.2 Å². The van der Waals surface area contributed by atoms with E-state index in [1.165, 1.54) is 21.8 Å². The van der Waals surface area contributed by atoms with Gasteiger partial charge in [0, 0.05) is 0 Å². The van der Waals surface area contributed by atoms with Gasteiger partial charge in [0.2, 0.25) is 5.91 Å². The SMILES string of the molecule is CCOc1ccccc1NC(=O)Cn1cnc2c(cnn2C2CCS(=O)(=O)C2)c1=O. The van der Waals surface area contributed by atoms with E-state index in [1.807, 2.05) is 6.92 Å². The van der Waals surface area contributed by atoms with Crippen molar-refractivity contribution in [2.45, 2.75) is 25.9 Å². The summed E-state index contributed by atoms with van der Waals surface area (Å²) in [6, 6.07) is 6.70. The number of ether oxygens (including phenoxy) is 1. The van der Waals surface area contributed by atoms with Crippen molar-refractivity contribution in [2.24, 2.45) is 0 Å². The molecule has 0 bridgehead atoms. The van der Waals surface area contributed by atoms with Gasteiger partial charge in [-0.3, -0.25) is 14.2 Å². The van der Waals surface area contributed by atoms with Crippen LogP contribution in [0.3, 0.4) is 0 Å². The number of para-hydroxylation sites is 2. The Labute approximate surface area is 172 Å². The molecule has 1 N–H and O–H groups in total. The highest BCUT2D eigenvalue weighted by Gasteiger charge is 2.31. The summed E-state index contributed by atoms with van der Waals surface area (Å²) < 4.78 is 31.7. The molecule has 1 aliphatic heterocycles. The van der Waals surface area contributed by atoms with E-state index in [9.17, 15) is 18.0 Å². The lowest BCUT2D eigenvalue weighted by molar-refractivity contribution is -0.116. The van der Waals surface area contributed by atoms with Gasteiger partial charge in [0.05, 0.1) is 36.0 Å². The van der Waals surface area contributed by atoms with Gasteiger partial charge in [0.15, 0.2) is 15.5 Å². The number of carbonyl (C=O) groups is 1. The predicted octanol–water partition coefficient (Wildman–Crippen LogP) is 0.990. The molecule has 158 valence electrons. The summed E-state index contributed by atoms with van der Waals surface area (Å²) in [5.41, 5.74) is 0.419. The zero-order chi connectivity index (χ0) is 21.3. The number of nitrogens with one attached hydrogen (secondary N) is 1. The van der Waals surface area contributed by atoms with E-state index in [1.54, 1.807) is 24.3 Å². The first kappa shape index (κ1) is 20.1. The first-order chi connectivity index (χ1) is 14.4. The quantitative estimate of drug-likeness (QED) is 0.617. The molecule has 4 rings (SSSR count). The summed E-state index contributed by atoms with van der Waals surface area (Å²) in [6.45, 7) is 2.07. The number of anilines is 1. The molecular formula is C19H21N5O5S. The number of hydrogen-bond donors (Lipinski definition) is 1. The van der Waals surface area contributed by atoms with Gasteiger partial charge in [-0.05, 0) is 25.5 Å². The molecule has 1 amide bonds. The maximum atomic E-state index is 12.8. The van der Waals surface area contributed by atoms with Crippen molar-refractivity contribution >= 4 is 32.5 Å². The molecule has 0 radical (unpaired) electrons. The third-order valence-electron chi connectivity index (χ3n) is 4.91. The van der Waals surface area contributed by atoms with Crippen LogP contribution in [0.2, 0.25) is 0 Å². The first-order valence-electron chi connectivity index (χ1n) is 9.52. The molecule has 1 aliphatic rings. The van der Waals surface area contributed by atoms with Gasteiger partial charge in [-0.2, -0.15) is 5.10 Å². The zero-order valence-electron chi connectivity index (χ0n) is 16.3. The van der Waals surface area contributed by atoms with Crippen molar-refractivity contribution in [2.75, 3.05) is 23.4 Å². The van der Waals surface area contributed by atoms with Crippen LogP contribution >= 0.6 is 0 Å². The van der Waals surface area contributed by atoms with E-state index in [2.05, 4.69) is 15.4 Å². The number of fused-ring (bicyclic) bond motifs is 1. The Kier molecular flexibility index (Phi) is 5.29. The molecule has 1 saturated heterocycles. The summed E-state index contributed by atoms with van der Waals surface area (Å²) in [7, 11) is -3.10. The molecule has 11 heteroatoms. The van der Waals surface area contributed by atoms with Crippen molar-refractivity contribution in [1.29, 1.82) is 0 Å². The highest BCUT2D eigenvalue weighted by atomic mass is 32.2. The standard InChI is InChI=1S/C19H21N5O5S/c1-2-29-16-6-4-3-5-15(16)22-17(25)10-23-12-20-18-14(19(23)26)9-21-24(18)13-7-8-30(27,28)11-13/h3-6,9,12-13H,2,7-8,10-11H2,1H3,(H,22,25). The average molecular weight is 431 g/mol. The van der Waals surface area contributed by atoms with Gasteiger partial charge in [0.25, 0.3) is 5.56 Å². The molecule has 30 heavy (non-hydrogen) atoms. The molecule has 1 fully saturated rings. The second kappa shape index (κ2) is 7.90. The maximum absolute atomic E-state index is 12.8. The fourth-order valence-electron chi connectivity index (χ4n) is 3.51. The number of amides is 1. The molecular weight excluding hydrogens is 410 g/mol. The largest absolute Gasteiger partial charge is 0.492 e. The monoisotopic (exact) mass is 431 g/mol. The van der Waals surface area contributed by atoms with Gasteiger partial charge in [0.1, 0.15) is 24.0 Å². The number of nitrogens with zero attached hydrogens (tertiary/aromatic N) is 4. The lowest BCUT2D eigenvalue weighted by atomic mass is 10.3. The van der Waals surface area contributed by atoms with Gasteiger partial charge >= 0.3 is 0 Å². The van der Waals surface area contributed by atoms with Gasteiger partial charge in [-0.15, -0.1) is 0 Å². The number of sulfone groups is 1. The summed E-state index contributed by atoms with van der Waals surface area (Å²) in [5.74, 6) is 0.220. The second-order valence-electron chi connectivity index (χ2n) is 7.04. The number of benzene rings is 1. The molecule has 0 aliphatic carbocycles. The third-order valence-corrected chi connectivity index (χ3v) is 6.66. The predicted molar refractivity (Wildman–Crippen MR) is 110 cm³/mol. The Morgan fingerprint density at radius 1 is 1.33 bits per heavy atom. The number of hydrogen-bond acceptors (Lipinski definition) is 7. The number of carbonyl (C=O) groups excluding carboxylic acids is 1. The minimum absolute atomic E-state index is 0.0177. The second-order valence-corrected chi connectivity index (χ2v) is 9.27. The summed E-state index contributed by atoms with van der Waals surface area (Å²) >= 11 is 0. The van der Waals surface area contributed by atoms with E-state index >= 15 is 0 Å². The van der Waals surface area contributed by atoms with Gasteiger partial charge in [-0.25, -0.2) is 18.1 Å². The van der Waals surface area contributed by atoms with E-state index < -0.39 is 21.3 Å². The fourth-order valence-corrected chi connectivity index (χ4v) is 5.20. The van der Waals surface area contributed by atoms with E-state index in [0.717, 1.165) is 0 Å². The van der Waals surface area contributed by atoms with Crippen molar-refractivity contribution in [3.05, 3.63) is 47.1 Å². The Morgan fingerprint density at radius 3 is 2.87 bits per heavy atom. The number of rotatable bonds is 6. The Bertz CT molecular complexity index is 1260. The Morgan fingerprint density at radius 2 is 2.13 bits per heavy atom. The molecule has 1 unspecified atom stereocenters. The number of aromatic nitrogens is 4. The van der Waals surface area contributed by atoms with E-state index in [4.69, 9.17) is 4.74 Å². The molecule has 0 spiro atoms. The van der Waals surface area contributed by atoms with Crippen molar-refractivity contribution in [1.82, 2.24) is 19.3 Å². The van der Waals surface area contributed by atoms with Crippen LogP contribution in [0.1, 0.15) is 19.4 Å². The lowest BCUT2D eigenvalue weighted by Gasteiger charge is -2.12. The van der Waals surface area contributed by atoms with Crippen LogP contribution in [-0.4, -0.2) is 51.8 Å². The smallest absolute Gasteiger partial charge is 0.264 e. The lowest BCUT2D eigenvalue weighted by Crippen LogP contribution is -2.28. The molecule has 2 aromatic heterocycles. The highest BCUT2D eigenvalue weighted by Crippen LogP contribution is 2.25. The normalized spacial score (nSPS) is 17.8. The first-order valence-corrected chi connectivity index (χ1v) is 11.3. The third kappa shape index (κ3) is 3.92. The van der Waals surface area contributed by atoms with Crippen LogP contribution < -0.4 is 15.6 Å². The highest BCUT2D eigenvalue weighted by molar-refractivity contribution is 7.91. The Hall–Kier alpha value is -3.21. The minimum Gasteiger partial charge on any atom is -0.492 e. The topological polar surface area (TPSA) is 125 Å². The van der Waals surface area contributed by atoms with E-state index in [0.29, 0.717) is 30.1 Å². The van der Waals surface area contributed by atoms with Gasteiger partial charge in [-0.1, -0.05) is 12.1 Å². The molecule has 10 nitrogen and oxygen atoms in total. The average Bonchev–Trinajstić information content (AvgIpc) is 3.29. The van der Waals surface area contributed by atoms with Crippen molar-refractivity contribution < 1.29 is 17.9 Å². The van der Waals surface area contributed by atoms with Crippen LogP contribution in [0.15, 0.2) is 41.6 Å². The molecule has 3 heterocycles. The molecule has 3 aromatic rings. The van der Waals surface area contributed by atoms with E-state index in [-0.39, 0.29) is 29.5 Å².